The highest BCUT2D eigenvalue weighted by atomic mass is 35.6. The Kier molecular flexibility index (Phi) is 6.22. The lowest BCUT2D eigenvalue weighted by Gasteiger charge is -2.55. The van der Waals surface area contributed by atoms with Crippen molar-refractivity contribution in [2.24, 2.45) is 0 Å². The highest BCUT2D eigenvalue weighted by Gasteiger charge is 2.53. The van der Waals surface area contributed by atoms with Crippen molar-refractivity contribution < 1.29 is 0 Å². The lowest BCUT2D eigenvalue weighted by atomic mass is 10.0. The van der Waals surface area contributed by atoms with Crippen LogP contribution in [0, 0.1) is 0 Å². The summed E-state index contributed by atoms with van der Waals surface area (Å²) in [6.45, 7) is 8.68. The maximum absolute atomic E-state index is 7.54. The van der Waals surface area contributed by atoms with Gasteiger partial charge in [-0.05, 0) is 42.7 Å². The molecule has 0 amide bonds. The predicted octanol–water partition coefficient (Wildman–Crippen LogP) is 6.10. The molecule has 4 heteroatoms. The van der Waals surface area contributed by atoms with Crippen molar-refractivity contribution in [2.45, 2.75) is 95.4 Å². The molecule has 1 saturated heterocycles. The van der Waals surface area contributed by atoms with Gasteiger partial charge in [-0.1, -0.05) is 59.3 Å². The van der Waals surface area contributed by atoms with Crippen LogP contribution in [-0.2, 0) is 0 Å². The van der Waals surface area contributed by atoms with Gasteiger partial charge in [0.25, 0.3) is 0 Å². The Balaban J connectivity index is 2.27. The van der Waals surface area contributed by atoms with E-state index in [1.54, 1.807) is 0 Å². The Bertz CT molecular complexity index is 295. The van der Waals surface area contributed by atoms with Crippen LogP contribution < -0.4 is 0 Å². The number of hydrogen-bond donors (Lipinski definition) is 0. The summed E-state index contributed by atoms with van der Waals surface area (Å²) in [7, 11) is -2.97. The number of nitrogens with zero attached hydrogens (tertiary/aromatic N) is 1. The van der Waals surface area contributed by atoms with Crippen LogP contribution in [0.15, 0.2) is 0 Å². The van der Waals surface area contributed by atoms with E-state index in [9.17, 15) is 0 Å². The fourth-order valence-electron chi connectivity index (χ4n) is 4.89. The fourth-order valence-corrected chi connectivity index (χ4v) is 20.2. The maximum Gasteiger partial charge on any atom is 0.225 e. The van der Waals surface area contributed by atoms with Crippen LogP contribution >= 0.6 is 11.1 Å². The smallest absolute Gasteiger partial charge is 0.225 e. The molecule has 2 fully saturated rings. The largest absolute Gasteiger partial charge is 0.333 e. The van der Waals surface area contributed by atoms with Crippen LogP contribution in [0.2, 0.25) is 29.7 Å². The van der Waals surface area contributed by atoms with Crippen molar-refractivity contribution in [3.05, 3.63) is 0 Å². The van der Waals surface area contributed by atoms with Crippen molar-refractivity contribution in [3.8, 4) is 0 Å². The number of hydrogen-bond acceptors (Lipinski definition) is 1. The van der Waals surface area contributed by atoms with Crippen LogP contribution in [0.5, 0.6) is 0 Å². The van der Waals surface area contributed by atoms with Crippen LogP contribution in [0.25, 0.3) is 0 Å². The first-order chi connectivity index (χ1) is 9.63. The van der Waals surface area contributed by atoms with Crippen LogP contribution in [0.4, 0.5) is 0 Å². The summed E-state index contributed by atoms with van der Waals surface area (Å²) in [6.07, 6.45) is 10.0. The van der Waals surface area contributed by atoms with E-state index in [-0.39, 0.29) is 0 Å². The normalized spacial score (nSPS) is 30.6. The van der Waals surface area contributed by atoms with Crippen molar-refractivity contribution in [3.63, 3.8) is 0 Å². The SMILES string of the molecule is CC[Si](CC)(CC)N1CCCC[Si]1(Cl)C1CCCCC1. The molecule has 1 saturated carbocycles. The third-order valence-corrected chi connectivity index (χ3v) is 20.9. The predicted molar refractivity (Wildman–Crippen MR) is 96.4 cm³/mol. The summed E-state index contributed by atoms with van der Waals surface area (Å²) in [5, 5.41) is 0. The second-order valence-corrected chi connectivity index (χ2v) is 18.1. The van der Waals surface area contributed by atoms with E-state index >= 15 is 0 Å². The number of halogens is 1. The van der Waals surface area contributed by atoms with E-state index in [2.05, 4.69) is 25.0 Å². The molecule has 1 unspecified atom stereocenters. The van der Waals surface area contributed by atoms with E-state index in [4.69, 9.17) is 11.1 Å². The molecule has 0 N–H and O–H groups in total. The van der Waals surface area contributed by atoms with Gasteiger partial charge in [0.2, 0.25) is 7.55 Å². The minimum atomic E-state index is -1.70. The molecular formula is C16H34ClNSi2. The standard InChI is InChI=1S/C16H34ClNSi2/c1-4-19(5-2,6-3)18-14-10-11-15-20(18,17)16-12-8-7-9-13-16/h16H,4-15H2,1-3H3. The molecule has 1 aliphatic heterocycles. The van der Waals surface area contributed by atoms with Gasteiger partial charge in [-0.25, -0.2) is 0 Å². The monoisotopic (exact) mass is 331 g/mol. The lowest BCUT2D eigenvalue weighted by Crippen LogP contribution is -2.67. The van der Waals surface area contributed by atoms with Gasteiger partial charge in [0, 0.05) is 0 Å². The first kappa shape index (κ1) is 17.0. The molecule has 2 aliphatic rings. The molecule has 0 bridgehead atoms. The lowest BCUT2D eigenvalue weighted by molar-refractivity contribution is 0.443. The minimum absolute atomic E-state index is 0.898. The van der Waals surface area contributed by atoms with Gasteiger partial charge in [-0.3, -0.25) is 0 Å². The summed E-state index contributed by atoms with van der Waals surface area (Å²) in [5.41, 5.74) is 0.898. The third-order valence-electron chi connectivity index (χ3n) is 6.39. The molecule has 0 aromatic heterocycles. The maximum atomic E-state index is 7.54. The minimum Gasteiger partial charge on any atom is -0.333 e. The first-order valence-corrected chi connectivity index (χ1v) is 14.9. The molecule has 2 rings (SSSR count). The van der Waals surface area contributed by atoms with E-state index in [1.165, 1.54) is 75.7 Å². The van der Waals surface area contributed by atoms with Gasteiger partial charge in [0.15, 0.2) is 0 Å². The van der Waals surface area contributed by atoms with Gasteiger partial charge >= 0.3 is 0 Å². The summed E-state index contributed by atoms with van der Waals surface area (Å²) in [4.78, 5) is 0. The Morgan fingerprint density at radius 3 is 2.10 bits per heavy atom. The van der Waals surface area contributed by atoms with Crippen molar-refractivity contribution >= 4 is 26.9 Å². The molecule has 118 valence electrons. The highest BCUT2D eigenvalue weighted by molar-refractivity contribution is 7.23. The molecule has 1 atom stereocenters. The molecule has 0 aromatic carbocycles. The molecule has 1 nitrogen and oxygen atoms in total. The summed E-state index contributed by atoms with van der Waals surface area (Å²) < 4.78 is 3.04. The Labute approximate surface area is 133 Å². The molecule has 0 radical (unpaired) electrons. The molecule has 1 aliphatic carbocycles. The Morgan fingerprint density at radius 2 is 1.55 bits per heavy atom. The van der Waals surface area contributed by atoms with Crippen molar-refractivity contribution in [1.82, 2.24) is 4.23 Å². The van der Waals surface area contributed by atoms with Gasteiger partial charge in [-0.15, -0.1) is 11.1 Å². The van der Waals surface area contributed by atoms with E-state index < -0.39 is 15.8 Å². The van der Waals surface area contributed by atoms with E-state index in [0.29, 0.717) is 0 Å². The summed E-state index contributed by atoms with van der Waals surface area (Å²) in [6, 6.07) is 5.62. The van der Waals surface area contributed by atoms with E-state index in [1.807, 2.05) is 0 Å². The molecular weight excluding hydrogens is 298 g/mol. The first-order valence-electron chi connectivity index (χ1n) is 9.09. The topological polar surface area (TPSA) is 3.24 Å². The van der Waals surface area contributed by atoms with Crippen molar-refractivity contribution in [2.75, 3.05) is 6.54 Å². The van der Waals surface area contributed by atoms with Gasteiger partial charge < -0.3 is 4.23 Å². The van der Waals surface area contributed by atoms with Crippen LogP contribution in [0.3, 0.4) is 0 Å². The Morgan fingerprint density at radius 1 is 0.950 bits per heavy atom. The third kappa shape index (κ3) is 3.06. The van der Waals surface area contributed by atoms with E-state index in [0.717, 1.165) is 5.54 Å². The average Bonchev–Trinajstić information content (AvgIpc) is 2.52. The van der Waals surface area contributed by atoms with Gasteiger partial charge in [0.1, 0.15) is 8.24 Å². The molecule has 1 heterocycles. The zero-order chi connectivity index (χ0) is 14.6. The van der Waals surface area contributed by atoms with Crippen LogP contribution in [0.1, 0.15) is 65.7 Å². The van der Waals surface area contributed by atoms with Gasteiger partial charge in [-0.2, -0.15) is 0 Å². The quantitative estimate of drug-likeness (QED) is 0.434. The highest BCUT2D eigenvalue weighted by Crippen LogP contribution is 2.49. The second-order valence-electron chi connectivity index (χ2n) is 7.05. The average molecular weight is 332 g/mol. The summed E-state index contributed by atoms with van der Waals surface area (Å²) in [5.74, 6) is 0. The fraction of sp³-hybridized carbons (Fsp3) is 1.00. The zero-order valence-electron chi connectivity index (χ0n) is 13.9. The molecule has 20 heavy (non-hydrogen) atoms. The second kappa shape index (κ2) is 7.30. The Hall–Kier alpha value is 0.684. The summed E-state index contributed by atoms with van der Waals surface area (Å²) >= 11 is 7.54. The molecule has 0 aromatic rings. The van der Waals surface area contributed by atoms with Crippen molar-refractivity contribution in [1.29, 1.82) is 0 Å². The number of rotatable bonds is 5. The van der Waals surface area contributed by atoms with Crippen LogP contribution in [-0.4, -0.2) is 26.6 Å². The zero-order valence-corrected chi connectivity index (χ0v) is 16.6. The molecule has 0 spiro atoms. The van der Waals surface area contributed by atoms with Gasteiger partial charge in [0.05, 0.1) is 0 Å².